The van der Waals surface area contributed by atoms with Crippen LogP contribution in [-0.2, 0) is 8.85 Å². The topological polar surface area (TPSA) is 18.5 Å². The first-order valence-electron chi connectivity index (χ1n) is 7.35. The second-order valence-corrected chi connectivity index (χ2v) is 10.7. The van der Waals surface area contributed by atoms with Crippen molar-refractivity contribution >= 4 is 8.56 Å². The van der Waals surface area contributed by atoms with Gasteiger partial charge in [0, 0.05) is 24.3 Å². The van der Waals surface area contributed by atoms with E-state index in [-0.39, 0.29) is 0 Å². The molecule has 2 aliphatic carbocycles. The average molecular weight is 254 g/mol. The molecule has 3 rings (SSSR count). The van der Waals surface area contributed by atoms with Gasteiger partial charge in [0.2, 0.25) is 0 Å². The maximum Gasteiger partial charge on any atom is 0.350 e. The Labute approximate surface area is 106 Å². The molecule has 0 atom stereocenters. The summed E-state index contributed by atoms with van der Waals surface area (Å²) in [6.45, 7) is 0. The molecule has 0 aromatic heterocycles. The normalized spacial score (nSPS) is 32.8. The maximum absolute atomic E-state index is 6.24. The second kappa shape index (κ2) is 4.07. The van der Waals surface area contributed by atoms with Crippen LogP contribution < -0.4 is 0 Å². The van der Waals surface area contributed by atoms with Gasteiger partial charge in [-0.3, -0.25) is 0 Å². The minimum absolute atomic E-state index is 0.473. The summed E-state index contributed by atoms with van der Waals surface area (Å²) in [5.74, 6) is 0. The van der Waals surface area contributed by atoms with Crippen molar-refractivity contribution in [3.63, 3.8) is 0 Å². The molecule has 3 aliphatic rings. The predicted molar refractivity (Wildman–Crippen MR) is 71.3 cm³/mol. The van der Waals surface area contributed by atoms with Crippen LogP contribution in [0, 0.1) is 0 Å². The van der Waals surface area contributed by atoms with E-state index >= 15 is 0 Å². The van der Waals surface area contributed by atoms with E-state index in [1.807, 2.05) is 14.2 Å². The second-order valence-electron chi connectivity index (χ2n) is 6.50. The first-order valence-corrected chi connectivity index (χ1v) is 9.16. The van der Waals surface area contributed by atoms with Gasteiger partial charge in [-0.15, -0.1) is 0 Å². The molecule has 3 fully saturated rings. The summed E-state index contributed by atoms with van der Waals surface area (Å²) < 4.78 is 12.5. The van der Waals surface area contributed by atoms with E-state index in [9.17, 15) is 0 Å². The SMILES string of the molecule is CO[Si]1(OC)C2(CCCC2)CCC12CCCC2. The molecule has 17 heavy (non-hydrogen) atoms. The van der Waals surface area contributed by atoms with Crippen LogP contribution in [0.1, 0.15) is 64.2 Å². The molecule has 0 bridgehead atoms. The predicted octanol–water partition coefficient (Wildman–Crippen LogP) is 4.14. The van der Waals surface area contributed by atoms with Crippen molar-refractivity contribution in [1.29, 1.82) is 0 Å². The third-order valence-corrected chi connectivity index (χ3v) is 11.6. The standard InChI is InChI=1S/C14H26O2Si/c1-15-17(16-2)13(7-3-4-8-13)11-12-14(17)9-5-6-10-14/h3-12H2,1-2H3. The van der Waals surface area contributed by atoms with E-state index in [1.165, 1.54) is 64.2 Å². The van der Waals surface area contributed by atoms with Gasteiger partial charge in [-0.25, -0.2) is 0 Å². The molecule has 1 aliphatic heterocycles. The van der Waals surface area contributed by atoms with Gasteiger partial charge in [0.15, 0.2) is 0 Å². The van der Waals surface area contributed by atoms with Crippen molar-refractivity contribution < 1.29 is 8.85 Å². The summed E-state index contributed by atoms with van der Waals surface area (Å²) in [4.78, 5) is 0. The fourth-order valence-electron chi connectivity index (χ4n) is 5.58. The fourth-order valence-corrected chi connectivity index (χ4v) is 11.5. The maximum atomic E-state index is 6.24. The van der Waals surface area contributed by atoms with Crippen LogP contribution in [0.4, 0.5) is 0 Å². The molecule has 1 heterocycles. The van der Waals surface area contributed by atoms with Crippen molar-refractivity contribution in [2.45, 2.75) is 74.3 Å². The van der Waals surface area contributed by atoms with E-state index < -0.39 is 8.56 Å². The zero-order chi connectivity index (χ0) is 12.0. The van der Waals surface area contributed by atoms with Gasteiger partial charge in [0.1, 0.15) is 0 Å². The molecule has 0 unspecified atom stereocenters. The zero-order valence-electron chi connectivity index (χ0n) is 11.4. The third-order valence-electron chi connectivity index (χ3n) is 6.17. The van der Waals surface area contributed by atoms with E-state index in [0.717, 1.165) is 0 Å². The Morgan fingerprint density at radius 3 is 1.29 bits per heavy atom. The summed E-state index contributed by atoms with van der Waals surface area (Å²) in [6.07, 6.45) is 13.9. The van der Waals surface area contributed by atoms with Gasteiger partial charge in [0.05, 0.1) is 0 Å². The molecule has 0 amide bonds. The lowest BCUT2D eigenvalue weighted by Crippen LogP contribution is -2.55. The third kappa shape index (κ3) is 1.34. The van der Waals surface area contributed by atoms with Crippen LogP contribution in [0.15, 0.2) is 0 Å². The highest BCUT2D eigenvalue weighted by Gasteiger charge is 2.72. The molecule has 2 spiro atoms. The molecule has 98 valence electrons. The Morgan fingerprint density at radius 1 is 0.647 bits per heavy atom. The molecule has 0 N–H and O–H groups in total. The van der Waals surface area contributed by atoms with Gasteiger partial charge < -0.3 is 8.85 Å². The lowest BCUT2D eigenvalue weighted by molar-refractivity contribution is 0.186. The van der Waals surface area contributed by atoms with E-state index in [2.05, 4.69) is 0 Å². The Bertz CT molecular complexity index is 261. The monoisotopic (exact) mass is 254 g/mol. The Kier molecular flexibility index (Phi) is 2.92. The highest BCUT2D eigenvalue weighted by atomic mass is 28.4. The van der Waals surface area contributed by atoms with Crippen molar-refractivity contribution in [2.24, 2.45) is 0 Å². The van der Waals surface area contributed by atoms with Crippen molar-refractivity contribution in [3.8, 4) is 0 Å². The van der Waals surface area contributed by atoms with Crippen molar-refractivity contribution in [2.75, 3.05) is 14.2 Å². The van der Waals surface area contributed by atoms with Crippen LogP contribution in [0.2, 0.25) is 10.1 Å². The fraction of sp³-hybridized carbons (Fsp3) is 1.00. The van der Waals surface area contributed by atoms with Crippen molar-refractivity contribution in [1.82, 2.24) is 0 Å². The van der Waals surface area contributed by atoms with Crippen LogP contribution in [0.5, 0.6) is 0 Å². The molecule has 2 nitrogen and oxygen atoms in total. The van der Waals surface area contributed by atoms with Gasteiger partial charge in [-0.2, -0.15) is 0 Å². The summed E-state index contributed by atoms with van der Waals surface area (Å²) in [5, 5.41) is 0.946. The number of hydrogen-bond donors (Lipinski definition) is 0. The molecular formula is C14H26O2Si. The highest BCUT2D eigenvalue weighted by Crippen LogP contribution is 2.74. The molecular weight excluding hydrogens is 228 g/mol. The quantitative estimate of drug-likeness (QED) is 0.689. The van der Waals surface area contributed by atoms with E-state index in [1.54, 1.807) is 0 Å². The molecule has 0 radical (unpaired) electrons. The molecule has 3 heteroatoms. The Balaban J connectivity index is 2.03. The molecule has 0 aromatic carbocycles. The lowest BCUT2D eigenvalue weighted by Gasteiger charge is -2.46. The summed E-state index contributed by atoms with van der Waals surface area (Å²) >= 11 is 0. The van der Waals surface area contributed by atoms with Crippen molar-refractivity contribution in [3.05, 3.63) is 0 Å². The lowest BCUT2D eigenvalue weighted by atomic mass is 9.94. The van der Waals surface area contributed by atoms with Gasteiger partial charge in [0.25, 0.3) is 0 Å². The first kappa shape index (κ1) is 12.2. The Morgan fingerprint density at radius 2 is 1.00 bits per heavy atom. The van der Waals surface area contributed by atoms with Crippen LogP contribution in [-0.4, -0.2) is 22.8 Å². The first-order chi connectivity index (χ1) is 8.24. The summed E-state index contributed by atoms with van der Waals surface area (Å²) in [5.41, 5.74) is 0. The van der Waals surface area contributed by atoms with Gasteiger partial charge in [-0.05, 0) is 38.5 Å². The smallest absolute Gasteiger partial charge is 0.350 e. The number of hydrogen-bond acceptors (Lipinski definition) is 2. The largest absolute Gasteiger partial charge is 0.397 e. The zero-order valence-corrected chi connectivity index (χ0v) is 12.4. The molecule has 1 saturated heterocycles. The summed E-state index contributed by atoms with van der Waals surface area (Å²) in [6, 6.07) is 0. The van der Waals surface area contributed by atoms with Gasteiger partial charge >= 0.3 is 8.56 Å². The van der Waals surface area contributed by atoms with Crippen LogP contribution in [0.25, 0.3) is 0 Å². The van der Waals surface area contributed by atoms with Crippen LogP contribution in [0.3, 0.4) is 0 Å². The highest BCUT2D eigenvalue weighted by molar-refractivity contribution is 6.75. The van der Waals surface area contributed by atoms with E-state index in [0.29, 0.717) is 10.1 Å². The van der Waals surface area contributed by atoms with Gasteiger partial charge in [-0.1, -0.05) is 25.7 Å². The van der Waals surface area contributed by atoms with Crippen LogP contribution >= 0.6 is 0 Å². The minimum atomic E-state index is -2.01. The number of rotatable bonds is 2. The Hall–Kier alpha value is 0.137. The average Bonchev–Trinajstić information content (AvgIpc) is 3.04. The summed E-state index contributed by atoms with van der Waals surface area (Å²) in [7, 11) is 1.88. The molecule has 0 aromatic rings. The molecule has 2 saturated carbocycles. The van der Waals surface area contributed by atoms with E-state index in [4.69, 9.17) is 8.85 Å². The minimum Gasteiger partial charge on any atom is -0.397 e.